The van der Waals surface area contributed by atoms with Crippen molar-refractivity contribution in [3.05, 3.63) is 51.5 Å². The topological polar surface area (TPSA) is 104 Å². The van der Waals surface area contributed by atoms with Crippen molar-refractivity contribution in [3.8, 4) is 0 Å². The minimum absolute atomic E-state index is 0.0723. The molecule has 2 amide bonds. The predicted octanol–water partition coefficient (Wildman–Crippen LogP) is 3.06. The van der Waals surface area contributed by atoms with E-state index >= 15 is 0 Å². The first kappa shape index (κ1) is 27.5. The minimum Gasteiger partial charge on any atom is -0.384 e. The van der Waals surface area contributed by atoms with Crippen molar-refractivity contribution in [2.45, 2.75) is 62.6 Å². The molecule has 1 aromatic carbocycles. The van der Waals surface area contributed by atoms with Gasteiger partial charge in [0.2, 0.25) is 5.91 Å². The van der Waals surface area contributed by atoms with E-state index in [2.05, 4.69) is 20.5 Å². The van der Waals surface area contributed by atoms with Crippen LogP contribution in [0.3, 0.4) is 0 Å². The zero-order valence-electron chi connectivity index (χ0n) is 20.5. The third kappa shape index (κ3) is 6.86. The normalized spacial score (nSPS) is 24.7. The number of carbonyl (C=O) groups excluding carboxylic acids is 2. The van der Waals surface area contributed by atoms with Crippen molar-refractivity contribution < 1.29 is 32.6 Å². The number of nitrogens with zero attached hydrogens (tertiary/aromatic N) is 2. The summed E-state index contributed by atoms with van der Waals surface area (Å²) in [5.41, 5.74) is -1.94. The highest BCUT2D eigenvalue weighted by molar-refractivity contribution is 7.11. The molecule has 202 valence electrons. The lowest BCUT2D eigenvalue weighted by molar-refractivity contribution is -0.137. The highest BCUT2D eigenvalue weighted by Crippen LogP contribution is 2.41. The zero-order valence-corrected chi connectivity index (χ0v) is 21.3. The van der Waals surface area contributed by atoms with Crippen molar-refractivity contribution in [3.63, 3.8) is 0 Å². The van der Waals surface area contributed by atoms with E-state index in [0.717, 1.165) is 53.9 Å². The molecular weight excluding hydrogens is 509 g/mol. The van der Waals surface area contributed by atoms with Gasteiger partial charge in [-0.2, -0.15) is 13.2 Å². The summed E-state index contributed by atoms with van der Waals surface area (Å²) < 4.78 is 43.7. The Kier molecular flexibility index (Phi) is 8.52. The zero-order chi connectivity index (χ0) is 26.6. The van der Waals surface area contributed by atoms with Crippen LogP contribution < -0.4 is 10.6 Å². The Bertz CT molecular complexity index is 1100. The number of amides is 2. The summed E-state index contributed by atoms with van der Waals surface area (Å²) in [4.78, 5) is 32.1. The van der Waals surface area contributed by atoms with E-state index in [4.69, 9.17) is 4.74 Å². The Morgan fingerprint density at radius 1 is 1.27 bits per heavy atom. The summed E-state index contributed by atoms with van der Waals surface area (Å²) in [7, 11) is 1.61. The van der Waals surface area contributed by atoms with Crippen LogP contribution in [0.25, 0.3) is 0 Å². The van der Waals surface area contributed by atoms with E-state index in [9.17, 15) is 27.9 Å². The maximum Gasteiger partial charge on any atom is 0.416 e. The molecule has 1 aromatic heterocycles. The average molecular weight is 541 g/mol. The Balaban J connectivity index is 1.21. The minimum atomic E-state index is -4.55. The molecule has 0 radical (unpaired) electrons. The molecule has 2 fully saturated rings. The number of rotatable bonds is 8. The Morgan fingerprint density at radius 2 is 2.03 bits per heavy atom. The molecule has 0 spiro atoms. The fraction of sp³-hybridized carbons (Fsp3) is 0.560. The summed E-state index contributed by atoms with van der Waals surface area (Å²) >= 11 is 1.48. The van der Waals surface area contributed by atoms with E-state index in [1.807, 2.05) is 0 Å². The largest absolute Gasteiger partial charge is 0.416 e. The number of likely N-dealkylation sites (tertiary alicyclic amines) is 1. The lowest BCUT2D eigenvalue weighted by Gasteiger charge is -2.39. The van der Waals surface area contributed by atoms with Crippen LogP contribution in [0, 0.1) is 0 Å². The van der Waals surface area contributed by atoms with E-state index in [1.54, 1.807) is 13.3 Å². The van der Waals surface area contributed by atoms with Gasteiger partial charge in [-0.05, 0) is 50.3 Å². The smallest absolute Gasteiger partial charge is 0.384 e. The Morgan fingerprint density at radius 3 is 2.73 bits per heavy atom. The summed E-state index contributed by atoms with van der Waals surface area (Å²) in [6.07, 6.45) is 0.913. The second-order valence-electron chi connectivity index (χ2n) is 9.62. The first-order chi connectivity index (χ1) is 17.6. The van der Waals surface area contributed by atoms with Crippen LogP contribution in [0.4, 0.5) is 13.2 Å². The molecule has 37 heavy (non-hydrogen) atoms. The number of hydrogen-bond acceptors (Lipinski definition) is 7. The van der Waals surface area contributed by atoms with Crippen LogP contribution in [-0.4, -0.2) is 65.6 Å². The number of alkyl halides is 3. The van der Waals surface area contributed by atoms with Crippen molar-refractivity contribution in [1.29, 1.82) is 0 Å². The maximum atomic E-state index is 12.9. The average Bonchev–Trinajstić information content (AvgIpc) is 3.53. The molecule has 1 atom stereocenters. The predicted molar refractivity (Wildman–Crippen MR) is 131 cm³/mol. The number of carbonyl (C=O) groups is 2. The highest BCUT2D eigenvalue weighted by Gasteiger charge is 2.39. The highest BCUT2D eigenvalue weighted by atomic mass is 32.1. The Hall–Kier alpha value is -2.54. The van der Waals surface area contributed by atoms with Crippen molar-refractivity contribution in [2.75, 3.05) is 26.7 Å². The van der Waals surface area contributed by atoms with Gasteiger partial charge in [0.1, 0.15) is 10.6 Å². The fourth-order valence-electron chi connectivity index (χ4n) is 5.02. The van der Waals surface area contributed by atoms with Gasteiger partial charge < -0.3 is 20.5 Å². The molecule has 2 aliphatic rings. The summed E-state index contributed by atoms with van der Waals surface area (Å²) in [5, 5.41) is 17.3. The van der Waals surface area contributed by atoms with Crippen molar-refractivity contribution in [2.24, 2.45) is 0 Å². The molecule has 8 nitrogen and oxygen atoms in total. The lowest BCUT2D eigenvalue weighted by Crippen LogP contribution is -2.45. The summed E-state index contributed by atoms with van der Waals surface area (Å²) in [6, 6.07) is 4.33. The van der Waals surface area contributed by atoms with Crippen LogP contribution in [0.15, 0.2) is 30.5 Å². The number of thiazole rings is 1. The standard InChI is InChI=1S/C25H31F3N4O4S/c1-36-15-22-29-12-20(37-22)24(35)8-5-19(6-9-24)32-10-7-18(14-32)31-21(33)13-30-23(34)16-3-2-4-17(11-16)25(26,27)28/h2-4,11-12,18-19,35H,5-10,13-15H2,1H3,(H,30,34)(H,31,33)/t18-,19?,24?/m1/s1. The van der Waals surface area contributed by atoms with Crippen molar-refractivity contribution >= 4 is 23.2 Å². The second-order valence-corrected chi connectivity index (χ2v) is 10.7. The number of halogens is 3. The van der Waals surface area contributed by atoms with Gasteiger partial charge in [0, 0.05) is 44.0 Å². The molecule has 3 N–H and O–H groups in total. The van der Waals surface area contributed by atoms with Gasteiger partial charge in [-0.1, -0.05) is 6.07 Å². The van der Waals surface area contributed by atoms with Gasteiger partial charge in [-0.25, -0.2) is 4.98 Å². The first-order valence-corrected chi connectivity index (χ1v) is 13.0. The number of aliphatic hydroxyl groups is 1. The molecule has 1 saturated carbocycles. The van der Waals surface area contributed by atoms with Crippen LogP contribution in [0.1, 0.15) is 57.9 Å². The fourth-order valence-corrected chi connectivity index (χ4v) is 6.06. The molecule has 1 aliphatic carbocycles. The van der Waals surface area contributed by atoms with Crippen LogP contribution in [0.2, 0.25) is 0 Å². The van der Waals surface area contributed by atoms with E-state index in [-0.39, 0.29) is 24.1 Å². The molecule has 2 heterocycles. The SMILES string of the molecule is COCc1ncc(C2(O)CCC(N3CC[C@@H](NC(=O)CNC(=O)c4cccc(C(F)(F)F)c4)C3)CC2)s1. The van der Waals surface area contributed by atoms with Crippen LogP contribution >= 0.6 is 11.3 Å². The number of methoxy groups -OCH3 is 1. The molecule has 12 heteroatoms. The molecular formula is C25H31F3N4O4S. The third-order valence-corrected chi connectivity index (χ3v) is 8.19. The van der Waals surface area contributed by atoms with Crippen molar-refractivity contribution in [1.82, 2.24) is 20.5 Å². The Labute approximate surface area is 217 Å². The van der Waals surface area contributed by atoms with Gasteiger partial charge in [0.15, 0.2) is 0 Å². The summed E-state index contributed by atoms with van der Waals surface area (Å²) in [6.45, 7) is 1.61. The van der Waals surface area contributed by atoms with Gasteiger partial charge in [0.25, 0.3) is 5.91 Å². The monoisotopic (exact) mass is 540 g/mol. The second kappa shape index (κ2) is 11.5. The summed E-state index contributed by atoms with van der Waals surface area (Å²) in [5.74, 6) is -1.12. The molecule has 0 bridgehead atoms. The molecule has 1 saturated heterocycles. The molecule has 1 aliphatic heterocycles. The number of nitrogens with one attached hydrogen (secondary N) is 2. The molecule has 4 rings (SSSR count). The van der Waals surface area contributed by atoms with Gasteiger partial charge in [-0.15, -0.1) is 11.3 Å². The van der Waals surface area contributed by atoms with Crippen LogP contribution in [0.5, 0.6) is 0 Å². The number of ether oxygens (including phenoxy) is 1. The quantitative estimate of drug-likeness (QED) is 0.476. The lowest BCUT2D eigenvalue weighted by atomic mass is 9.81. The number of benzene rings is 1. The molecule has 2 aromatic rings. The van der Waals surface area contributed by atoms with Gasteiger partial charge in [-0.3, -0.25) is 14.5 Å². The van der Waals surface area contributed by atoms with Gasteiger partial charge in [0.05, 0.1) is 23.6 Å². The van der Waals surface area contributed by atoms with Crippen LogP contribution in [-0.2, 0) is 27.9 Å². The third-order valence-electron chi connectivity index (χ3n) is 7.03. The van der Waals surface area contributed by atoms with E-state index in [1.165, 1.54) is 17.4 Å². The molecule has 0 unspecified atom stereocenters. The first-order valence-electron chi connectivity index (χ1n) is 12.2. The number of hydrogen-bond donors (Lipinski definition) is 3. The maximum absolute atomic E-state index is 12.9. The van der Waals surface area contributed by atoms with Gasteiger partial charge >= 0.3 is 6.18 Å². The van der Waals surface area contributed by atoms with E-state index < -0.39 is 23.2 Å². The number of aromatic nitrogens is 1. The van der Waals surface area contributed by atoms with E-state index in [0.29, 0.717) is 32.0 Å².